The minimum Gasteiger partial charge on any atom is -0.490 e. The van der Waals surface area contributed by atoms with Gasteiger partial charge in [-0.3, -0.25) is 4.90 Å². The van der Waals surface area contributed by atoms with Crippen LogP contribution in [0.3, 0.4) is 0 Å². The molecule has 1 aromatic rings. The van der Waals surface area contributed by atoms with Crippen LogP contribution in [-0.2, 0) is 6.54 Å². The summed E-state index contributed by atoms with van der Waals surface area (Å²) in [6, 6.07) is 6.50. The molecule has 0 aromatic heterocycles. The Bertz CT molecular complexity index is 372. The average Bonchev–Trinajstić information content (AvgIpc) is 2.82. The number of ether oxygens (including phenoxy) is 1. The molecular formula is C13H18N2O. The van der Waals surface area contributed by atoms with Crippen molar-refractivity contribution in [1.82, 2.24) is 4.90 Å². The second-order valence-corrected chi connectivity index (χ2v) is 4.59. The predicted molar refractivity (Wildman–Crippen MR) is 64.9 cm³/mol. The zero-order chi connectivity index (χ0) is 10.8. The van der Waals surface area contributed by atoms with Gasteiger partial charge < -0.3 is 10.1 Å². The predicted octanol–water partition coefficient (Wildman–Crippen LogP) is 2.09. The molecule has 3 nitrogen and oxygen atoms in total. The molecule has 0 saturated carbocycles. The lowest BCUT2D eigenvalue weighted by atomic mass is 10.1. The van der Waals surface area contributed by atoms with Gasteiger partial charge in [-0.05, 0) is 43.6 Å². The van der Waals surface area contributed by atoms with Gasteiger partial charge in [0.25, 0.3) is 0 Å². The first-order chi connectivity index (χ1) is 7.92. The monoisotopic (exact) mass is 218 g/mol. The number of hydrogen-bond acceptors (Lipinski definition) is 3. The van der Waals surface area contributed by atoms with E-state index < -0.39 is 0 Å². The number of hydrogen-bond donors (Lipinski definition) is 1. The zero-order valence-electron chi connectivity index (χ0n) is 9.54. The van der Waals surface area contributed by atoms with Gasteiger partial charge in [-0.15, -0.1) is 0 Å². The number of likely N-dealkylation sites (tertiary alicyclic amines) is 1. The third kappa shape index (κ3) is 2.00. The fourth-order valence-electron chi connectivity index (χ4n) is 2.49. The van der Waals surface area contributed by atoms with Crippen molar-refractivity contribution in [2.24, 2.45) is 0 Å². The molecule has 3 heteroatoms. The normalized spacial score (nSPS) is 20.0. The molecule has 0 bridgehead atoms. The van der Waals surface area contributed by atoms with Crippen molar-refractivity contribution in [2.45, 2.75) is 19.4 Å². The first-order valence-electron chi connectivity index (χ1n) is 6.14. The maximum absolute atomic E-state index is 5.57. The van der Waals surface area contributed by atoms with Crippen LogP contribution in [-0.4, -0.2) is 31.1 Å². The van der Waals surface area contributed by atoms with Gasteiger partial charge in [0.05, 0.1) is 5.69 Å². The molecule has 0 radical (unpaired) electrons. The molecule has 1 aromatic carbocycles. The Morgan fingerprint density at radius 1 is 1.25 bits per heavy atom. The van der Waals surface area contributed by atoms with Gasteiger partial charge in [0.2, 0.25) is 0 Å². The lowest BCUT2D eigenvalue weighted by molar-refractivity contribution is 0.320. The Morgan fingerprint density at radius 3 is 3.00 bits per heavy atom. The SMILES string of the molecule is c1cc2c(cc1CN1CCCC1)NCCO2. The van der Waals surface area contributed by atoms with Crippen LogP contribution in [0.25, 0.3) is 0 Å². The summed E-state index contributed by atoms with van der Waals surface area (Å²) in [6.07, 6.45) is 2.71. The molecule has 1 fully saturated rings. The Morgan fingerprint density at radius 2 is 2.12 bits per heavy atom. The van der Waals surface area contributed by atoms with Crippen molar-refractivity contribution in [2.75, 3.05) is 31.6 Å². The minimum absolute atomic E-state index is 0.776. The summed E-state index contributed by atoms with van der Waals surface area (Å²) in [4.78, 5) is 2.52. The number of anilines is 1. The highest BCUT2D eigenvalue weighted by Gasteiger charge is 2.14. The summed E-state index contributed by atoms with van der Waals surface area (Å²) in [5.74, 6) is 0.997. The molecule has 1 N–H and O–H groups in total. The Hall–Kier alpha value is -1.22. The molecule has 86 valence electrons. The molecule has 2 heterocycles. The molecule has 0 atom stereocenters. The first-order valence-corrected chi connectivity index (χ1v) is 6.14. The van der Waals surface area contributed by atoms with E-state index in [0.717, 1.165) is 31.1 Å². The van der Waals surface area contributed by atoms with Crippen LogP contribution in [0.5, 0.6) is 5.75 Å². The molecule has 0 aliphatic carbocycles. The number of benzene rings is 1. The van der Waals surface area contributed by atoms with Gasteiger partial charge in [0, 0.05) is 13.1 Å². The summed E-state index contributed by atoms with van der Waals surface area (Å²) in [7, 11) is 0. The lowest BCUT2D eigenvalue weighted by Gasteiger charge is -2.21. The van der Waals surface area contributed by atoms with Crippen LogP contribution in [0.4, 0.5) is 5.69 Å². The smallest absolute Gasteiger partial charge is 0.142 e. The van der Waals surface area contributed by atoms with Crippen molar-refractivity contribution < 1.29 is 4.74 Å². The molecule has 0 unspecified atom stereocenters. The summed E-state index contributed by atoms with van der Waals surface area (Å²) >= 11 is 0. The maximum Gasteiger partial charge on any atom is 0.142 e. The lowest BCUT2D eigenvalue weighted by Crippen LogP contribution is -2.20. The quantitative estimate of drug-likeness (QED) is 0.822. The molecule has 2 aliphatic rings. The van der Waals surface area contributed by atoms with Crippen molar-refractivity contribution in [3.8, 4) is 5.75 Å². The minimum atomic E-state index is 0.776. The highest BCUT2D eigenvalue weighted by Crippen LogP contribution is 2.28. The van der Waals surface area contributed by atoms with E-state index in [4.69, 9.17) is 4.74 Å². The van der Waals surface area contributed by atoms with E-state index in [1.54, 1.807) is 0 Å². The van der Waals surface area contributed by atoms with E-state index in [0.29, 0.717) is 0 Å². The number of nitrogens with one attached hydrogen (secondary N) is 1. The van der Waals surface area contributed by atoms with Crippen molar-refractivity contribution in [1.29, 1.82) is 0 Å². The van der Waals surface area contributed by atoms with Crippen molar-refractivity contribution in [3.63, 3.8) is 0 Å². The number of nitrogens with zero attached hydrogens (tertiary/aromatic N) is 1. The third-order valence-corrected chi connectivity index (χ3v) is 3.32. The van der Waals surface area contributed by atoms with Crippen LogP contribution in [0.1, 0.15) is 18.4 Å². The molecule has 3 rings (SSSR count). The molecular weight excluding hydrogens is 200 g/mol. The van der Waals surface area contributed by atoms with Crippen LogP contribution in [0, 0.1) is 0 Å². The highest BCUT2D eigenvalue weighted by molar-refractivity contribution is 5.59. The fourth-order valence-corrected chi connectivity index (χ4v) is 2.49. The topological polar surface area (TPSA) is 24.5 Å². The largest absolute Gasteiger partial charge is 0.490 e. The van der Waals surface area contributed by atoms with Crippen molar-refractivity contribution >= 4 is 5.69 Å². The van der Waals surface area contributed by atoms with E-state index in [2.05, 4.69) is 28.4 Å². The fraction of sp³-hybridized carbons (Fsp3) is 0.538. The number of rotatable bonds is 2. The second kappa shape index (κ2) is 4.34. The van der Waals surface area contributed by atoms with Crippen LogP contribution in [0.15, 0.2) is 18.2 Å². The Labute approximate surface area is 96.4 Å². The number of fused-ring (bicyclic) bond motifs is 1. The summed E-state index contributed by atoms with van der Waals surface area (Å²) in [5.41, 5.74) is 2.54. The summed E-state index contributed by atoms with van der Waals surface area (Å²) in [5, 5.41) is 3.38. The third-order valence-electron chi connectivity index (χ3n) is 3.32. The summed E-state index contributed by atoms with van der Waals surface area (Å²) in [6.45, 7) is 5.27. The van der Waals surface area contributed by atoms with E-state index >= 15 is 0 Å². The second-order valence-electron chi connectivity index (χ2n) is 4.59. The van der Waals surface area contributed by atoms with Gasteiger partial charge in [-0.1, -0.05) is 6.07 Å². The van der Waals surface area contributed by atoms with Gasteiger partial charge in [0.15, 0.2) is 0 Å². The first kappa shape index (κ1) is 9.97. The van der Waals surface area contributed by atoms with Crippen LogP contribution < -0.4 is 10.1 Å². The molecule has 2 aliphatic heterocycles. The van der Waals surface area contributed by atoms with Gasteiger partial charge in [-0.2, -0.15) is 0 Å². The molecule has 0 amide bonds. The average molecular weight is 218 g/mol. The van der Waals surface area contributed by atoms with Gasteiger partial charge >= 0.3 is 0 Å². The highest BCUT2D eigenvalue weighted by atomic mass is 16.5. The van der Waals surface area contributed by atoms with Gasteiger partial charge in [-0.25, -0.2) is 0 Å². The van der Waals surface area contributed by atoms with Crippen LogP contribution >= 0.6 is 0 Å². The Balaban J connectivity index is 1.74. The van der Waals surface area contributed by atoms with E-state index in [-0.39, 0.29) is 0 Å². The Kier molecular flexibility index (Phi) is 2.70. The van der Waals surface area contributed by atoms with E-state index in [9.17, 15) is 0 Å². The van der Waals surface area contributed by atoms with Crippen LogP contribution in [0.2, 0.25) is 0 Å². The molecule has 16 heavy (non-hydrogen) atoms. The maximum atomic E-state index is 5.57. The van der Waals surface area contributed by atoms with Crippen molar-refractivity contribution in [3.05, 3.63) is 23.8 Å². The van der Waals surface area contributed by atoms with E-state index in [1.807, 2.05) is 0 Å². The zero-order valence-corrected chi connectivity index (χ0v) is 9.54. The summed E-state index contributed by atoms with van der Waals surface area (Å²) < 4.78 is 5.57. The standard InChI is InChI=1S/C13H18N2O/c1-2-7-15(6-1)10-11-3-4-13-12(9-11)14-5-8-16-13/h3-4,9,14H,1-2,5-8,10H2. The molecule has 1 saturated heterocycles. The van der Waals surface area contributed by atoms with E-state index in [1.165, 1.54) is 31.5 Å². The molecule has 0 spiro atoms. The van der Waals surface area contributed by atoms with Gasteiger partial charge in [0.1, 0.15) is 12.4 Å².